The number of nitrogens with one attached hydrogen (secondary N) is 1. The minimum atomic E-state index is -1.15. The third kappa shape index (κ3) is 4.34. The number of carboxylic acids is 1. The van der Waals surface area contributed by atoms with E-state index >= 15 is 0 Å². The van der Waals surface area contributed by atoms with Crippen LogP contribution in [0.25, 0.3) is 0 Å². The summed E-state index contributed by atoms with van der Waals surface area (Å²) in [6.45, 7) is 5.51. The summed E-state index contributed by atoms with van der Waals surface area (Å²) in [7, 11) is 0. The Morgan fingerprint density at radius 1 is 1.30 bits per heavy atom. The van der Waals surface area contributed by atoms with Gasteiger partial charge in [0.2, 0.25) is 0 Å². The van der Waals surface area contributed by atoms with Crippen molar-refractivity contribution < 1.29 is 19.4 Å². The lowest BCUT2D eigenvalue weighted by Crippen LogP contribution is -2.32. The monoisotopic (exact) mass is 386 g/mol. The molecule has 2 rings (SSSR count). The highest BCUT2D eigenvalue weighted by atomic mass is 32.2. The Hall–Kier alpha value is -2.72. The summed E-state index contributed by atoms with van der Waals surface area (Å²) >= 11 is 1.57. The molecule has 1 aromatic rings. The van der Waals surface area contributed by atoms with Crippen LogP contribution in [0.15, 0.2) is 46.8 Å². The minimum Gasteiger partial charge on any atom is -0.478 e. The van der Waals surface area contributed by atoms with Crippen LogP contribution in [-0.4, -0.2) is 35.2 Å². The Morgan fingerprint density at radius 3 is 2.52 bits per heavy atom. The number of hydrogen-bond acceptors (Lipinski definition) is 6. The maximum absolute atomic E-state index is 12.9. The smallest absolute Gasteiger partial charge is 0.336 e. The van der Waals surface area contributed by atoms with Gasteiger partial charge in [-0.2, -0.15) is 17.0 Å². The largest absolute Gasteiger partial charge is 0.478 e. The molecule has 6 nitrogen and oxygen atoms in total. The number of dihydropyridines is 1. The standard InChI is InChI=1S/C20H22N2O4S/c1-11(27-4)10-26-20(25)17-13(3)22-12(2)16(19(23)24)18(17)15-8-6-5-7-14(15)9-21/h5-8,11,18,22H,10H2,1-4H3,(H,23,24). The van der Waals surface area contributed by atoms with Crippen molar-refractivity contribution in [1.82, 2.24) is 5.32 Å². The second-order valence-electron chi connectivity index (χ2n) is 6.28. The van der Waals surface area contributed by atoms with E-state index < -0.39 is 17.9 Å². The van der Waals surface area contributed by atoms with E-state index in [9.17, 15) is 20.0 Å². The van der Waals surface area contributed by atoms with Crippen LogP contribution in [0, 0.1) is 11.3 Å². The molecule has 2 unspecified atom stereocenters. The first-order chi connectivity index (χ1) is 12.8. The molecule has 0 aromatic heterocycles. The van der Waals surface area contributed by atoms with E-state index in [1.54, 1.807) is 49.9 Å². The zero-order valence-corrected chi connectivity index (χ0v) is 16.5. The predicted octanol–water partition coefficient (Wildman–Crippen LogP) is 3.17. The number of carbonyl (C=O) groups is 2. The van der Waals surface area contributed by atoms with Crippen LogP contribution in [0.3, 0.4) is 0 Å². The van der Waals surface area contributed by atoms with Crippen molar-refractivity contribution in [2.45, 2.75) is 31.9 Å². The zero-order chi connectivity index (χ0) is 20.1. The summed E-state index contributed by atoms with van der Waals surface area (Å²) < 4.78 is 5.44. The van der Waals surface area contributed by atoms with E-state index in [-0.39, 0.29) is 23.0 Å². The molecule has 0 radical (unpaired) electrons. The highest BCUT2D eigenvalue weighted by Crippen LogP contribution is 2.40. The molecule has 0 saturated carbocycles. The Labute approximate surface area is 162 Å². The van der Waals surface area contributed by atoms with E-state index in [0.717, 1.165) is 0 Å². The van der Waals surface area contributed by atoms with E-state index in [2.05, 4.69) is 11.4 Å². The van der Waals surface area contributed by atoms with Crippen molar-refractivity contribution in [1.29, 1.82) is 5.26 Å². The molecule has 0 bridgehead atoms. The summed E-state index contributed by atoms with van der Waals surface area (Å²) in [6, 6.07) is 8.80. The average molecular weight is 386 g/mol. The van der Waals surface area contributed by atoms with Crippen molar-refractivity contribution in [2.75, 3.05) is 12.9 Å². The molecular weight excluding hydrogens is 364 g/mol. The molecular formula is C20H22N2O4S. The minimum absolute atomic E-state index is 0.0353. The first-order valence-electron chi connectivity index (χ1n) is 8.42. The second kappa shape index (κ2) is 8.78. The summed E-state index contributed by atoms with van der Waals surface area (Å²) in [5, 5.41) is 22.3. The first-order valence-corrected chi connectivity index (χ1v) is 9.71. The molecule has 0 spiro atoms. The van der Waals surface area contributed by atoms with Crippen molar-refractivity contribution in [2.24, 2.45) is 0 Å². The van der Waals surface area contributed by atoms with Gasteiger partial charge in [0.25, 0.3) is 0 Å². The average Bonchev–Trinajstić information content (AvgIpc) is 2.64. The number of ether oxygens (including phenoxy) is 1. The van der Waals surface area contributed by atoms with Crippen molar-refractivity contribution in [3.63, 3.8) is 0 Å². The van der Waals surface area contributed by atoms with E-state index in [1.807, 2.05) is 13.2 Å². The number of rotatable bonds is 6. The topological polar surface area (TPSA) is 99.4 Å². The SMILES string of the molecule is CSC(C)COC(=O)C1=C(C)NC(C)=C(C(=O)O)C1c1ccccc1C#N. The fraction of sp³-hybridized carbons (Fsp3) is 0.350. The normalized spacial score (nSPS) is 17.8. The Bertz CT molecular complexity index is 867. The Balaban J connectivity index is 2.58. The van der Waals surface area contributed by atoms with Gasteiger partial charge in [-0.25, -0.2) is 9.59 Å². The summed E-state index contributed by atoms with van der Waals surface area (Å²) in [5.74, 6) is -2.60. The molecule has 1 aromatic carbocycles. The van der Waals surface area contributed by atoms with Gasteiger partial charge in [-0.05, 0) is 31.7 Å². The fourth-order valence-corrected chi connectivity index (χ4v) is 3.25. The third-order valence-electron chi connectivity index (χ3n) is 4.45. The summed E-state index contributed by atoms with van der Waals surface area (Å²) in [5.41, 5.74) is 2.01. The van der Waals surface area contributed by atoms with Gasteiger partial charge in [-0.3, -0.25) is 0 Å². The van der Waals surface area contributed by atoms with Crippen molar-refractivity contribution >= 4 is 23.7 Å². The van der Waals surface area contributed by atoms with E-state index in [4.69, 9.17) is 4.74 Å². The zero-order valence-electron chi connectivity index (χ0n) is 15.7. The molecule has 0 aliphatic carbocycles. The molecule has 0 fully saturated rings. The van der Waals surface area contributed by atoms with Crippen LogP contribution in [0.1, 0.15) is 37.8 Å². The van der Waals surface area contributed by atoms with Crippen LogP contribution in [0.4, 0.5) is 0 Å². The molecule has 2 N–H and O–H groups in total. The van der Waals surface area contributed by atoms with E-state index in [0.29, 0.717) is 22.5 Å². The molecule has 1 aliphatic heterocycles. The van der Waals surface area contributed by atoms with Gasteiger partial charge in [0.05, 0.1) is 28.7 Å². The quantitative estimate of drug-likeness (QED) is 0.724. The number of benzene rings is 1. The van der Waals surface area contributed by atoms with Gasteiger partial charge in [0.1, 0.15) is 6.61 Å². The number of allylic oxidation sites excluding steroid dienone is 2. The molecule has 27 heavy (non-hydrogen) atoms. The lowest BCUT2D eigenvalue weighted by Gasteiger charge is -2.30. The van der Waals surface area contributed by atoms with Gasteiger partial charge >= 0.3 is 11.9 Å². The molecule has 1 aliphatic rings. The lowest BCUT2D eigenvalue weighted by atomic mass is 9.79. The van der Waals surface area contributed by atoms with Crippen LogP contribution < -0.4 is 5.32 Å². The third-order valence-corrected chi connectivity index (χ3v) is 5.40. The van der Waals surface area contributed by atoms with E-state index in [1.165, 1.54) is 0 Å². The number of carbonyl (C=O) groups excluding carboxylic acids is 1. The maximum Gasteiger partial charge on any atom is 0.336 e. The van der Waals surface area contributed by atoms with Crippen molar-refractivity contribution in [3.05, 3.63) is 57.9 Å². The fourth-order valence-electron chi connectivity index (χ4n) is 3.05. The highest BCUT2D eigenvalue weighted by molar-refractivity contribution is 7.99. The van der Waals surface area contributed by atoms with Gasteiger partial charge in [0.15, 0.2) is 0 Å². The molecule has 0 saturated heterocycles. The predicted molar refractivity (Wildman–Crippen MR) is 104 cm³/mol. The maximum atomic E-state index is 12.9. The van der Waals surface area contributed by atoms with Gasteiger partial charge < -0.3 is 15.2 Å². The van der Waals surface area contributed by atoms with Gasteiger partial charge in [-0.1, -0.05) is 25.1 Å². The van der Waals surface area contributed by atoms with Crippen LogP contribution in [0.2, 0.25) is 0 Å². The second-order valence-corrected chi connectivity index (χ2v) is 7.56. The molecule has 0 amide bonds. The number of nitriles is 1. The molecule has 1 heterocycles. The number of nitrogens with zero attached hydrogens (tertiary/aromatic N) is 1. The first kappa shape index (κ1) is 20.6. The highest BCUT2D eigenvalue weighted by Gasteiger charge is 2.38. The van der Waals surface area contributed by atoms with Crippen molar-refractivity contribution in [3.8, 4) is 6.07 Å². The molecule has 2 atom stereocenters. The van der Waals surface area contributed by atoms with Crippen LogP contribution in [-0.2, 0) is 14.3 Å². The number of hydrogen-bond donors (Lipinski definition) is 2. The molecule has 7 heteroatoms. The van der Waals surface area contributed by atoms with Crippen LogP contribution in [0.5, 0.6) is 0 Å². The number of thioether (sulfide) groups is 1. The summed E-state index contributed by atoms with van der Waals surface area (Å²) in [4.78, 5) is 24.8. The molecule has 142 valence electrons. The number of esters is 1. The lowest BCUT2D eigenvalue weighted by molar-refractivity contribution is -0.139. The van der Waals surface area contributed by atoms with Crippen LogP contribution >= 0.6 is 11.8 Å². The Morgan fingerprint density at radius 2 is 1.93 bits per heavy atom. The van der Waals surface area contributed by atoms with Gasteiger partial charge in [0, 0.05) is 16.6 Å². The summed E-state index contributed by atoms with van der Waals surface area (Å²) in [6.07, 6.45) is 1.92. The number of aliphatic carboxylic acids is 1. The Kier molecular flexibility index (Phi) is 6.70. The number of carboxylic acid groups (broad SMARTS) is 1. The van der Waals surface area contributed by atoms with Gasteiger partial charge in [-0.15, -0.1) is 0 Å².